The van der Waals surface area contributed by atoms with Crippen molar-refractivity contribution in [1.82, 2.24) is 0 Å². The summed E-state index contributed by atoms with van der Waals surface area (Å²) in [6, 6.07) is 18.9. The zero-order valence-electron chi connectivity index (χ0n) is 29.9. The van der Waals surface area contributed by atoms with Gasteiger partial charge in [-0.15, -0.1) is 79.4 Å². The topological polar surface area (TPSA) is 161 Å². The second-order valence-corrected chi connectivity index (χ2v) is 18.4. The number of carboxylic acids is 4. The fraction of sp³-hybridized carbons (Fsp3) is 0.111. The summed E-state index contributed by atoms with van der Waals surface area (Å²) in [7, 11) is 0. The molecule has 7 heterocycles. The van der Waals surface area contributed by atoms with Gasteiger partial charge in [0.2, 0.25) is 0 Å². The first-order chi connectivity index (χ1) is 24.5. The van der Waals surface area contributed by atoms with Crippen LogP contribution >= 0.6 is 79.4 Å². The van der Waals surface area contributed by atoms with Crippen molar-refractivity contribution >= 4 is 103 Å². The maximum absolute atomic E-state index is 11.8. The summed E-state index contributed by atoms with van der Waals surface area (Å²) >= 11 is 10.3. The summed E-state index contributed by atoms with van der Waals surface area (Å²) in [6.07, 6.45) is -0.918. The van der Waals surface area contributed by atoms with E-state index in [0.29, 0.717) is 22.3 Å². The van der Waals surface area contributed by atoms with E-state index >= 15 is 0 Å². The van der Waals surface area contributed by atoms with Crippen LogP contribution in [0.4, 0.5) is 0 Å². The van der Waals surface area contributed by atoms with E-state index in [9.17, 15) is 39.6 Å². The zero-order valence-corrected chi connectivity index (χ0v) is 43.6. The minimum absolute atomic E-state index is 0. The quantitative estimate of drug-likeness (QED) is 0.0976. The van der Waals surface area contributed by atoms with E-state index in [1.807, 2.05) is 59.3 Å². The molecule has 0 aromatic carbocycles. The monoisotopic (exact) mass is 896 g/mol. The Bertz CT molecular complexity index is 2280. The molecule has 0 saturated carbocycles. The molecular formula is C36H20Na4O8S7. The number of hydrogen-bond donors (Lipinski definition) is 0. The first-order valence-electron chi connectivity index (χ1n) is 15.0. The molecule has 0 saturated heterocycles. The maximum atomic E-state index is 11.8. The molecule has 0 fully saturated rings. The molecule has 0 N–H and O–H groups in total. The van der Waals surface area contributed by atoms with E-state index in [1.165, 1.54) is 79.4 Å². The predicted molar refractivity (Wildman–Crippen MR) is 199 cm³/mol. The van der Waals surface area contributed by atoms with Crippen LogP contribution < -0.4 is 139 Å². The van der Waals surface area contributed by atoms with Crippen molar-refractivity contribution in [2.75, 3.05) is 0 Å². The molecule has 0 amide bonds. The van der Waals surface area contributed by atoms with Gasteiger partial charge in [0, 0.05) is 108 Å². The van der Waals surface area contributed by atoms with E-state index in [0.717, 1.165) is 58.5 Å². The van der Waals surface area contributed by atoms with Gasteiger partial charge in [-0.05, 0) is 93.7 Å². The Morgan fingerprint density at radius 1 is 0.364 bits per heavy atom. The van der Waals surface area contributed by atoms with E-state index in [-0.39, 0.29) is 144 Å². The van der Waals surface area contributed by atoms with Crippen LogP contribution in [-0.4, -0.2) is 23.9 Å². The van der Waals surface area contributed by atoms with Gasteiger partial charge < -0.3 is 39.6 Å². The molecule has 0 radical (unpaired) electrons. The zero-order chi connectivity index (χ0) is 35.8. The second-order valence-electron chi connectivity index (χ2n) is 11.2. The number of thiophene rings is 7. The largest absolute Gasteiger partial charge is 1.00 e. The molecule has 55 heavy (non-hydrogen) atoms. The van der Waals surface area contributed by atoms with Crippen LogP contribution in [0.15, 0.2) is 71.4 Å². The molecule has 7 rings (SSSR count). The van der Waals surface area contributed by atoms with Crippen molar-refractivity contribution < 1.29 is 158 Å². The van der Waals surface area contributed by atoms with E-state index < -0.39 is 23.9 Å². The molecule has 8 nitrogen and oxygen atoms in total. The molecule has 0 unspecified atom stereocenters. The van der Waals surface area contributed by atoms with Crippen molar-refractivity contribution in [1.29, 1.82) is 0 Å². The van der Waals surface area contributed by atoms with Gasteiger partial charge in [-0.25, -0.2) is 0 Å². The van der Waals surface area contributed by atoms with Gasteiger partial charge in [-0.3, -0.25) is 0 Å². The van der Waals surface area contributed by atoms with E-state index in [1.54, 1.807) is 12.1 Å². The van der Waals surface area contributed by atoms with Gasteiger partial charge in [0.05, 0.1) is 0 Å². The number of hydrogen-bond acceptors (Lipinski definition) is 15. The Hall–Kier alpha value is -0.220. The summed E-state index contributed by atoms with van der Waals surface area (Å²) in [5.41, 5.74) is 2.59. The number of rotatable bonds is 14. The second kappa shape index (κ2) is 21.9. The van der Waals surface area contributed by atoms with E-state index in [4.69, 9.17) is 0 Å². The van der Waals surface area contributed by atoms with Gasteiger partial charge in [-0.2, -0.15) is 0 Å². The van der Waals surface area contributed by atoms with Gasteiger partial charge >= 0.3 is 118 Å². The minimum Gasteiger partial charge on any atom is -0.550 e. The smallest absolute Gasteiger partial charge is 0.550 e. The van der Waals surface area contributed by atoms with Crippen LogP contribution in [0.25, 0.3) is 58.5 Å². The molecule has 0 spiro atoms. The Kier molecular flexibility index (Phi) is 19.5. The van der Waals surface area contributed by atoms with E-state index in [2.05, 4.69) is 0 Å². The van der Waals surface area contributed by atoms with Gasteiger partial charge in [0.15, 0.2) is 0 Å². The molecule has 0 bridgehead atoms. The molecule has 258 valence electrons. The number of carbonyl (C=O) groups excluding carboxylic acids is 4. The van der Waals surface area contributed by atoms with Crippen LogP contribution in [0, 0.1) is 0 Å². The summed E-state index contributed by atoms with van der Waals surface area (Å²) in [5, 5.41) is 49.7. The third-order valence-corrected chi connectivity index (χ3v) is 16.3. The molecule has 7 aromatic rings. The Morgan fingerprint density at radius 2 is 0.655 bits per heavy atom. The normalized spacial score (nSPS) is 10.5. The molecule has 19 heteroatoms. The Balaban J connectivity index is 0.00000203. The van der Waals surface area contributed by atoms with Crippen LogP contribution in [0.3, 0.4) is 0 Å². The minimum atomic E-state index is -1.20. The van der Waals surface area contributed by atoms with Crippen molar-refractivity contribution in [2.24, 2.45) is 0 Å². The summed E-state index contributed by atoms with van der Waals surface area (Å²) in [4.78, 5) is 56.4. The summed E-state index contributed by atoms with van der Waals surface area (Å²) < 4.78 is 0. The fourth-order valence-electron chi connectivity index (χ4n) is 5.55. The van der Waals surface area contributed by atoms with Crippen LogP contribution in [0.1, 0.15) is 22.3 Å². The predicted octanol–water partition coefficient (Wildman–Crippen LogP) is -6.70. The Labute approximate surface area is 432 Å². The average molecular weight is 897 g/mol. The third-order valence-electron chi connectivity index (χ3n) is 7.65. The average Bonchev–Trinajstić information content (AvgIpc) is 3.89. The van der Waals surface area contributed by atoms with Crippen molar-refractivity contribution in [3.8, 4) is 58.5 Å². The fourth-order valence-corrected chi connectivity index (χ4v) is 13.6. The molecule has 0 aliphatic rings. The summed E-state index contributed by atoms with van der Waals surface area (Å²) in [6.45, 7) is 0. The van der Waals surface area contributed by atoms with Gasteiger partial charge in [0.1, 0.15) is 0 Å². The maximum Gasteiger partial charge on any atom is 1.00 e. The molecule has 0 aliphatic carbocycles. The van der Waals surface area contributed by atoms with Crippen LogP contribution in [0.5, 0.6) is 0 Å². The first-order valence-corrected chi connectivity index (χ1v) is 20.9. The van der Waals surface area contributed by atoms with Gasteiger partial charge in [-0.1, -0.05) is 0 Å². The van der Waals surface area contributed by atoms with Crippen LogP contribution in [0.2, 0.25) is 0 Å². The SMILES string of the molecule is O=C([O-])Cc1ccsc1-c1ccc(-c2sc(-c3ccc(-c4cc(CC(=O)[O-])c(-c5ccc(-c6sccc6CC(=O)[O-])s5)s4)s3)cc2CC(=O)[O-])s1.[Na+].[Na+].[Na+].[Na+]. The third kappa shape index (κ3) is 11.7. The number of carbonyl (C=O) groups is 4. The molecule has 7 aromatic heterocycles. The van der Waals surface area contributed by atoms with Crippen molar-refractivity contribution in [3.63, 3.8) is 0 Å². The number of aliphatic carboxylic acids is 4. The standard InChI is InChI=1S/C36H24O8S7.4Na/c37-29(38)13-17-7-9-45-33(17)23-3-5-25(48-23)35-19(15-31(41)42)11-27(50-35)21-1-2-22(47-21)28-12-20(16-32(43)44)36(51-28)26-6-4-24(49-26)34-18(8-10-46-34)14-30(39)40;;;;/h1-12H,13-16H2,(H,37,38)(H,39,40)(H,41,42)(H,43,44);;;;/q;4*+1/p-4. The number of carboxylic acid groups (broad SMARTS) is 4. The van der Waals surface area contributed by atoms with Crippen molar-refractivity contribution in [2.45, 2.75) is 25.7 Å². The molecular weight excluding hydrogens is 877 g/mol. The summed E-state index contributed by atoms with van der Waals surface area (Å²) in [5.74, 6) is -4.71. The van der Waals surface area contributed by atoms with Crippen LogP contribution in [-0.2, 0) is 44.9 Å². The first kappa shape index (κ1) is 49.1. The molecule has 0 atom stereocenters. The molecule has 0 aliphatic heterocycles. The van der Waals surface area contributed by atoms with Crippen molar-refractivity contribution in [3.05, 3.63) is 93.7 Å². The van der Waals surface area contributed by atoms with Gasteiger partial charge in [0.25, 0.3) is 0 Å². The Morgan fingerprint density at radius 3 is 1.00 bits per heavy atom.